The van der Waals surface area contributed by atoms with E-state index in [1.807, 2.05) is 20.8 Å². The van der Waals surface area contributed by atoms with E-state index in [9.17, 15) is 22.8 Å². The quantitative estimate of drug-likeness (QED) is 0.357. The van der Waals surface area contributed by atoms with Gasteiger partial charge in [-0.05, 0) is 52.3 Å². The normalized spacial score (nSPS) is 11.7. The second kappa shape index (κ2) is 11.6. The van der Waals surface area contributed by atoms with Gasteiger partial charge in [-0.2, -0.15) is 0 Å². The van der Waals surface area contributed by atoms with Crippen LogP contribution in [0.4, 0.5) is 5.69 Å². The summed E-state index contributed by atoms with van der Waals surface area (Å²) in [4.78, 5) is 42.4. The number of amides is 2. The van der Waals surface area contributed by atoms with Crippen LogP contribution >= 0.6 is 0 Å². The molecule has 2 heterocycles. The molecule has 3 aromatic rings. The van der Waals surface area contributed by atoms with Gasteiger partial charge >= 0.3 is 0 Å². The van der Waals surface area contributed by atoms with Gasteiger partial charge < -0.3 is 19.8 Å². The van der Waals surface area contributed by atoms with Gasteiger partial charge in [0.1, 0.15) is 18.8 Å². The maximum absolute atomic E-state index is 13.0. The van der Waals surface area contributed by atoms with Gasteiger partial charge in [-0.15, -0.1) is 0 Å². The summed E-state index contributed by atoms with van der Waals surface area (Å²) in [6.45, 7) is 8.94. The zero-order valence-corrected chi connectivity index (χ0v) is 23.1. The minimum Gasteiger partial charge on any atom is -0.350 e. The molecule has 0 spiro atoms. The van der Waals surface area contributed by atoms with E-state index in [2.05, 4.69) is 20.3 Å². The Morgan fingerprint density at radius 2 is 1.66 bits per heavy atom. The molecule has 0 aliphatic heterocycles. The third-order valence-corrected chi connectivity index (χ3v) is 6.84. The molecule has 204 valence electrons. The number of aromatic nitrogens is 3. The summed E-state index contributed by atoms with van der Waals surface area (Å²) in [7, 11) is -3.85. The van der Waals surface area contributed by atoms with Gasteiger partial charge in [0.25, 0.3) is 5.56 Å². The van der Waals surface area contributed by atoms with Crippen molar-refractivity contribution in [3.05, 3.63) is 81.8 Å². The standard InChI is InChI=1S/C26H34N6O5S/c1-18-11-12-21(30-38(36,37)16-20-9-7-6-8-10-20)25(35)32(18)15-23(33)27-13-22-19(2)28-17-31(22)14-24(34)29-26(3,4)5/h6-12,17,30H,13-16H2,1-5H3,(H,27,33)(H,29,34). The Bertz CT molecular complexity index is 1470. The lowest BCUT2D eigenvalue weighted by atomic mass is 10.1. The number of hydrogen-bond acceptors (Lipinski definition) is 6. The Morgan fingerprint density at radius 1 is 0.974 bits per heavy atom. The maximum Gasteiger partial charge on any atom is 0.275 e. The molecule has 0 saturated heterocycles. The molecule has 0 saturated carbocycles. The van der Waals surface area contributed by atoms with Crippen LogP contribution in [0.5, 0.6) is 0 Å². The van der Waals surface area contributed by atoms with Crippen molar-refractivity contribution in [3.63, 3.8) is 0 Å². The Morgan fingerprint density at radius 3 is 2.32 bits per heavy atom. The van der Waals surface area contributed by atoms with Gasteiger partial charge in [0.05, 0.1) is 30.0 Å². The van der Waals surface area contributed by atoms with Crippen molar-refractivity contribution < 1.29 is 18.0 Å². The van der Waals surface area contributed by atoms with E-state index in [1.54, 1.807) is 61.1 Å². The second-order valence-corrected chi connectivity index (χ2v) is 11.8. The molecule has 0 radical (unpaired) electrons. The van der Waals surface area contributed by atoms with E-state index < -0.39 is 21.5 Å². The van der Waals surface area contributed by atoms with Gasteiger partial charge in [-0.25, -0.2) is 13.4 Å². The van der Waals surface area contributed by atoms with E-state index in [0.29, 0.717) is 22.6 Å². The van der Waals surface area contributed by atoms with Crippen molar-refractivity contribution in [3.8, 4) is 0 Å². The Balaban J connectivity index is 1.68. The molecule has 0 bridgehead atoms. The van der Waals surface area contributed by atoms with Crippen LogP contribution in [0.3, 0.4) is 0 Å². The molecule has 0 fully saturated rings. The number of benzene rings is 1. The van der Waals surface area contributed by atoms with Crippen LogP contribution in [0.25, 0.3) is 0 Å². The number of carbonyl (C=O) groups is 2. The highest BCUT2D eigenvalue weighted by molar-refractivity contribution is 7.91. The van der Waals surface area contributed by atoms with Crippen molar-refractivity contribution >= 4 is 27.5 Å². The Hall–Kier alpha value is -3.93. The van der Waals surface area contributed by atoms with Gasteiger partial charge in [0.2, 0.25) is 21.8 Å². The summed E-state index contributed by atoms with van der Waals surface area (Å²) in [5.74, 6) is -0.926. The predicted molar refractivity (Wildman–Crippen MR) is 145 cm³/mol. The fraction of sp³-hybridized carbons (Fsp3) is 0.385. The number of rotatable bonds is 10. The van der Waals surface area contributed by atoms with E-state index >= 15 is 0 Å². The van der Waals surface area contributed by atoms with Crippen molar-refractivity contribution in [2.75, 3.05) is 4.72 Å². The van der Waals surface area contributed by atoms with Crippen LogP contribution in [0.2, 0.25) is 0 Å². The van der Waals surface area contributed by atoms with Crippen LogP contribution in [0.15, 0.2) is 53.6 Å². The molecule has 2 aromatic heterocycles. The molecule has 12 heteroatoms. The van der Waals surface area contributed by atoms with E-state index in [1.165, 1.54) is 10.6 Å². The van der Waals surface area contributed by atoms with Gasteiger partial charge in [-0.3, -0.25) is 19.1 Å². The molecule has 0 aliphatic carbocycles. The summed E-state index contributed by atoms with van der Waals surface area (Å²) in [6, 6.07) is 11.6. The highest BCUT2D eigenvalue weighted by Crippen LogP contribution is 2.11. The number of nitrogens with zero attached hydrogens (tertiary/aromatic N) is 3. The third kappa shape index (κ3) is 8.04. The van der Waals surface area contributed by atoms with Crippen LogP contribution in [0.1, 0.15) is 43.4 Å². The minimum atomic E-state index is -3.85. The lowest BCUT2D eigenvalue weighted by Crippen LogP contribution is -2.42. The Labute approximate surface area is 222 Å². The van der Waals surface area contributed by atoms with Gasteiger partial charge in [0, 0.05) is 11.2 Å². The molecule has 0 unspecified atom stereocenters. The first-order chi connectivity index (χ1) is 17.7. The smallest absolute Gasteiger partial charge is 0.275 e. The lowest BCUT2D eigenvalue weighted by molar-refractivity contribution is -0.123. The monoisotopic (exact) mass is 542 g/mol. The van der Waals surface area contributed by atoms with E-state index in [0.717, 1.165) is 0 Å². The molecule has 3 N–H and O–H groups in total. The second-order valence-electron chi connectivity index (χ2n) is 10.1. The summed E-state index contributed by atoms with van der Waals surface area (Å²) in [5, 5.41) is 5.65. The number of nitrogens with one attached hydrogen (secondary N) is 3. The lowest BCUT2D eigenvalue weighted by Gasteiger charge is -2.21. The first-order valence-electron chi connectivity index (χ1n) is 12.1. The molecule has 1 aromatic carbocycles. The average Bonchev–Trinajstić information content (AvgIpc) is 3.15. The van der Waals surface area contributed by atoms with Crippen molar-refractivity contribution in [1.29, 1.82) is 0 Å². The van der Waals surface area contributed by atoms with Crippen molar-refractivity contribution in [1.82, 2.24) is 24.8 Å². The largest absolute Gasteiger partial charge is 0.350 e. The number of carbonyl (C=O) groups excluding carboxylic acids is 2. The van der Waals surface area contributed by atoms with E-state index in [4.69, 9.17) is 0 Å². The van der Waals surface area contributed by atoms with Crippen molar-refractivity contribution in [2.45, 2.75) is 65.5 Å². The zero-order valence-electron chi connectivity index (χ0n) is 22.2. The Kier molecular flexibility index (Phi) is 8.77. The number of anilines is 1. The summed E-state index contributed by atoms with van der Waals surface area (Å²) < 4.78 is 30.4. The highest BCUT2D eigenvalue weighted by Gasteiger charge is 2.19. The first-order valence-corrected chi connectivity index (χ1v) is 13.7. The average molecular weight is 543 g/mol. The van der Waals surface area contributed by atoms with Crippen LogP contribution < -0.4 is 20.9 Å². The number of pyridine rings is 1. The predicted octanol–water partition coefficient (Wildman–Crippen LogP) is 1.83. The molecule has 2 amide bonds. The number of sulfonamides is 1. The topological polar surface area (TPSA) is 144 Å². The molecule has 38 heavy (non-hydrogen) atoms. The molecule has 0 aliphatic rings. The molecule has 3 rings (SSSR count). The van der Waals surface area contributed by atoms with Crippen LogP contribution in [-0.4, -0.2) is 39.9 Å². The fourth-order valence-electron chi connectivity index (χ4n) is 3.81. The molecule has 0 atom stereocenters. The number of hydrogen-bond donors (Lipinski definition) is 3. The minimum absolute atomic E-state index is 0.0487. The number of aryl methyl sites for hydroxylation is 2. The van der Waals surface area contributed by atoms with Crippen LogP contribution in [0, 0.1) is 13.8 Å². The maximum atomic E-state index is 13.0. The van der Waals surface area contributed by atoms with E-state index in [-0.39, 0.29) is 42.5 Å². The third-order valence-electron chi connectivity index (χ3n) is 5.60. The van der Waals surface area contributed by atoms with Gasteiger partial charge in [-0.1, -0.05) is 30.3 Å². The van der Waals surface area contributed by atoms with Crippen molar-refractivity contribution in [2.24, 2.45) is 0 Å². The summed E-state index contributed by atoms with van der Waals surface area (Å²) in [6.07, 6.45) is 1.54. The number of imidazole rings is 1. The fourth-order valence-corrected chi connectivity index (χ4v) is 5.00. The van der Waals surface area contributed by atoms with Crippen LogP contribution in [-0.2, 0) is 45.0 Å². The highest BCUT2D eigenvalue weighted by atomic mass is 32.2. The first kappa shape index (κ1) is 28.6. The summed E-state index contributed by atoms with van der Waals surface area (Å²) in [5.41, 5.74) is 1.26. The molecule has 11 nitrogen and oxygen atoms in total. The molecular formula is C26H34N6O5S. The summed E-state index contributed by atoms with van der Waals surface area (Å²) >= 11 is 0. The SMILES string of the molecule is Cc1ncn(CC(=O)NC(C)(C)C)c1CNC(=O)Cn1c(C)ccc(NS(=O)(=O)Cc2ccccc2)c1=O. The zero-order chi connectivity index (χ0) is 28.1. The van der Waals surface area contributed by atoms with Gasteiger partial charge in [0.15, 0.2) is 0 Å². The molecular weight excluding hydrogens is 508 g/mol.